The predicted octanol–water partition coefficient (Wildman–Crippen LogP) is 0.801. The Bertz CT molecular complexity index is 296. The van der Waals surface area contributed by atoms with E-state index in [1.807, 2.05) is 6.92 Å². The van der Waals surface area contributed by atoms with Crippen LogP contribution < -0.4 is 5.32 Å². The molecule has 0 saturated carbocycles. The van der Waals surface area contributed by atoms with E-state index >= 15 is 0 Å². The largest absolute Gasteiger partial charge is 0.481 e. The van der Waals surface area contributed by atoms with Gasteiger partial charge in [0.05, 0.1) is 19.2 Å². The minimum Gasteiger partial charge on any atom is -0.481 e. The van der Waals surface area contributed by atoms with E-state index in [-0.39, 0.29) is 6.42 Å². The second-order valence-electron chi connectivity index (χ2n) is 2.89. The fourth-order valence-electron chi connectivity index (χ4n) is 0.984. The van der Waals surface area contributed by atoms with E-state index in [1.54, 1.807) is 6.20 Å². The normalized spacial score (nSPS) is 10.4. The average molecular weight is 198 g/mol. The number of carboxylic acid groups (broad SMARTS) is 1. The van der Waals surface area contributed by atoms with E-state index in [1.165, 1.54) is 0 Å². The summed E-state index contributed by atoms with van der Waals surface area (Å²) < 4.78 is 5.32. The van der Waals surface area contributed by atoms with Crippen molar-refractivity contribution >= 4 is 5.97 Å². The SMILES string of the molecule is CCc1cnc(CNCCC(=O)O)o1. The van der Waals surface area contributed by atoms with Crippen molar-refractivity contribution in [3.63, 3.8) is 0 Å². The highest BCUT2D eigenvalue weighted by molar-refractivity contribution is 5.66. The fraction of sp³-hybridized carbons (Fsp3) is 0.556. The van der Waals surface area contributed by atoms with Gasteiger partial charge in [-0.2, -0.15) is 0 Å². The number of hydrogen-bond acceptors (Lipinski definition) is 4. The van der Waals surface area contributed by atoms with Crippen LogP contribution in [0.2, 0.25) is 0 Å². The number of carboxylic acids is 1. The highest BCUT2D eigenvalue weighted by Crippen LogP contribution is 2.03. The van der Waals surface area contributed by atoms with E-state index in [4.69, 9.17) is 9.52 Å². The van der Waals surface area contributed by atoms with Crippen molar-refractivity contribution < 1.29 is 14.3 Å². The van der Waals surface area contributed by atoms with Crippen LogP contribution in [0.4, 0.5) is 0 Å². The van der Waals surface area contributed by atoms with Gasteiger partial charge in [0.1, 0.15) is 5.76 Å². The molecule has 1 rings (SSSR count). The number of rotatable bonds is 6. The molecule has 0 spiro atoms. The van der Waals surface area contributed by atoms with Gasteiger partial charge in [0, 0.05) is 13.0 Å². The Morgan fingerprint density at radius 1 is 1.71 bits per heavy atom. The smallest absolute Gasteiger partial charge is 0.304 e. The summed E-state index contributed by atoms with van der Waals surface area (Å²) in [5.74, 6) is 0.645. The van der Waals surface area contributed by atoms with Gasteiger partial charge in [0.2, 0.25) is 5.89 Å². The number of hydrogen-bond donors (Lipinski definition) is 2. The number of nitrogens with zero attached hydrogens (tertiary/aromatic N) is 1. The van der Waals surface area contributed by atoms with Crippen molar-refractivity contribution in [1.29, 1.82) is 0 Å². The summed E-state index contributed by atoms with van der Waals surface area (Å²) >= 11 is 0. The van der Waals surface area contributed by atoms with Crippen LogP contribution in [0.25, 0.3) is 0 Å². The topological polar surface area (TPSA) is 75.4 Å². The van der Waals surface area contributed by atoms with Gasteiger partial charge in [0.15, 0.2) is 0 Å². The Kier molecular flexibility index (Phi) is 4.12. The first kappa shape index (κ1) is 10.7. The van der Waals surface area contributed by atoms with Crippen LogP contribution in [0.1, 0.15) is 25.0 Å². The van der Waals surface area contributed by atoms with Gasteiger partial charge in [0.25, 0.3) is 0 Å². The van der Waals surface area contributed by atoms with Crippen molar-refractivity contribution in [2.45, 2.75) is 26.3 Å². The summed E-state index contributed by atoms with van der Waals surface area (Å²) in [6.07, 6.45) is 2.62. The molecule has 1 aromatic rings. The van der Waals surface area contributed by atoms with Crippen LogP contribution in [-0.2, 0) is 17.8 Å². The molecule has 1 aromatic heterocycles. The Morgan fingerprint density at radius 2 is 2.50 bits per heavy atom. The highest BCUT2D eigenvalue weighted by Gasteiger charge is 2.01. The molecule has 0 aliphatic heterocycles. The number of aromatic nitrogens is 1. The maximum absolute atomic E-state index is 10.2. The zero-order valence-corrected chi connectivity index (χ0v) is 8.12. The summed E-state index contributed by atoms with van der Waals surface area (Å²) in [4.78, 5) is 14.2. The van der Waals surface area contributed by atoms with Gasteiger partial charge < -0.3 is 14.8 Å². The standard InChI is InChI=1S/C9H14N2O3/c1-2-7-5-11-8(14-7)6-10-4-3-9(12)13/h5,10H,2-4,6H2,1H3,(H,12,13). The Labute approximate surface area is 82.1 Å². The lowest BCUT2D eigenvalue weighted by Gasteiger charge is -1.98. The number of nitrogens with one attached hydrogen (secondary N) is 1. The first-order valence-corrected chi connectivity index (χ1v) is 4.58. The van der Waals surface area contributed by atoms with E-state index < -0.39 is 5.97 Å². The third kappa shape index (κ3) is 3.57. The fourth-order valence-corrected chi connectivity index (χ4v) is 0.984. The lowest BCUT2D eigenvalue weighted by atomic mass is 10.4. The van der Waals surface area contributed by atoms with Crippen LogP contribution in [0.5, 0.6) is 0 Å². The van der Waals surface area contributed by atoms with Crippen molar-refractivity contribution in [1.82, 2.24) is 10.3 Å². The van der Waals surface area contributed by atoms with Crippen molar-refractivity contribution in [3.05, 3.63) is 17.8 Å². The zero-order chi connectivity index (χ0) is 10.4. The van der Waals surface area contributed by atoms with Gasteiger partial charge in [-0.3, -0.25) is 4.79 Å². The minimum atomic E-state index is -0.806. The monoisotopic (exact) mass is 198 g/mol. The van der Waals surface area contributed by atoms with Crippen LogP contribution >= 0.6 is 0 Å². The molecule has 0 unspecified atom stereocenters. The molecular formula is C9H14N2O3. The number of aliphatic carboxylic acids is 1. The second-order valence-corrected chi connectivity index (χ2v) is 2.89. The molecule has 0 aliphatic rings. The molecule has 0 aliphatic carbocycles. The van der Waals surface area contributed by atoms with Crippen LogP contribution in [0.3, 0.4) is 0 Å². The lowest BCUT2D eigenvalue weighted by Crippen LogP contribution is -2.17. The minimum absolute atomic E-state index is 0.112. The third-order valence-corrected chi connectivity index (χ3v) is 1.74. The van der Waals surface area contributed by atoms with Gasteiger partial charge >= 0.3 is 5.97 Å². The summed E-state index contributed by atoms with van der Waals surface area (Å²) in [6.45, 7) is 2.90. The van der Waals surface area contributed by atoms with E-state index in [2.05, 4.69) is 10.3 Å². The summed E-state index contributed by atoms with van der Waals surface area (Å²) in [6, 6.07) is 0. The van der Waals surface area contributed by atoms with E-state index in [0.29, 0.717) is 19.0 Å². The van der Waals surface area contributed by atoms with Crippen LogP contribution in [0.15, 0.2) is 10.6 Å². The predicted molar refractivity (Wildman–Crippen MR) is 49.8 cm³/mol. The summed E-state index contributed by atoms with van der Waals surface area (Å²) in [7, 11) is 0. The van der Waals surface area contributed by atoms with Crippen molar-refractivity contribution in [3.8, 4) is 0 Å². The molecule has 0 aromatic carbocycles. The first-order valence-electron chi connectivity index (χ1n) is 4.58. The molecule has 0 fully saturated rings. The number of carbonyl (C=O) groups is 1. The average Bonchev–Trinajstić information content (AvgIpc) is 2.60. The molecule has 0 saturated heterocycles. The first-order chi connectivity index (χ1) is 6.72. The molecule has 1 heterocycles. The highest BCUT2D eigenvalue weighted by atomic mass is 16.4. The van der Waals surface area contributed by atoms with Crippen LogP contribution in [0, 0.1) is 0 Å². The lowest BCUT2D eigenvalue weighted by molar-refractivity contribution is -0.136. The summed E-state index contributed by atoms with van der Waals surface area (Å²) in [5, 5.41) is 11.3. The summed E-state index contributed by atoms with van der Waals surface area (Å²) in [5.41, 5.74) is 0. The van der Waals surface area contributed by atoms with E-state index in [0.717, 1.165) is 12.2 Å². The molecule has 78 valence electrons. The molecule has 0 amide bonds. The maximum atomic E-state index is 10.2. The molecule has 5 heteroatoms. The Balaban J connectivity index is 2.21. The number of aryl methyl sites for hydroxylation is 1. The van der Waals surface area contributed by atoms with Gasteiger partial charge in [-0.15, -0.1) is 0 Å². The molecular weight excluding hydrogens is 184 g/mol. The molecule has 14 heavy (non-hydrogen) atoms. The van der Waals surface area contributed by atoms with Gasteiger partial charge in [-0.05, 0) is 0 Å². The van der Waals surface area contributed by atoms with Gasteiger partial charge in [-0.25, -0.2) is 4.98 Å². The van der Waals surface area contributed by atoms with Crippen molar-refractivity contribution in [2.24, 2.45) is 0 Å². The van der Waals surface area contributed by atoms with E-state index in [9.17, 15) is 4.79 Å². The Morgan fingerprint density at radius 3 is 3.07 bits per heavy atom. The zero-order valence-electron chi connectivity index (χ0n) is 8.12. The molecule has 2 N–H and O–H groups in total. The quantitative estimate of drug-likeness (QED) is 0.661. The van der Waals surface area contributed by atoms with Crippen LogP contribution in [-0.4, -0.2) is 22.6 Å². The molecule has 0 bridgehead atoms. The Hall–Kier alpha value is -1.36. The molecule has 5 nitrogen and oxygen atoms in total. The maximum Gasteiger partial charge on any atom is 0.304 e. The van der Waals surface area contributed by atoms with Gasteiger partial charge in [-0.1, -0.05) is 6.92 Å². The third-order valence-electron chi connectivity index (χ3n) is 1.74. The molecule has 0 atom stereocenters. The second kappa shape index (κ2) is 5.39. The number of oxazole rings is 1. The van der Waals surface area contributed by atoms with Crippen molar-refractivity contribution in [2.75, 3.05) is 6.54 Å². The molecule has 0 radical (unpaired) electrons.